The monoisotopic (exact) mass is 443 g/mol. The molecule has 1 saturated heterocycles. The molecule has 32 heavy (non-hydrogen) atoms. The van der Waals surface area contributed by atoms with Gasteiger partial charge in [-0.05, 0) is 12.5 Å². The summed E-state index contributed by atoms with van der Waals surface area (Å²) >= 11 is 0. The lowest BCUT2D eigenvalue weighted by Gasteiger charge is -2.54. The Kier molecular flexibility index (Phi) is 8.06. The summed E-state index contributed by atoms with van der Waals surface area (Å²) in [4.78, 5) is 65.2. The molecule has 9 nitrogen and oxygen atoms in total. The number of nitrogens with zero attached hydrogens (tertiary/aromatic N) is 1. The summed E-state index contributed by atoms with van der Waals surface area (Å²) in [5, 5.41) is 0. The van der Waals surface area contributed by atoms with Crippen LogP contribution in [0.25, 0.3) is 0 Å². The van der Waals surface area contributed by atoms with Crippen LogP contribution >= 0.6 is 0 Å². The number of ether oxygens (including phenoxy) is 3. The highest BCUT2D eigenvalue weighted by Crippen LogP contribution is 2.43. The van der Waals surface area contributed by atoms with Crippen molar-refractivity contribution in [2.45, 2.75) is 24.9 Å². The quantitative estimate of drug-likeness (QED) is 0.164. The number of hydrogen-bond acceptors (Lipinski definition) is 8. The molecule has 2 rings (SSSR count). The Bertz CT molecular complexity index is 899. The highest BCUT2D eigenvalue weighted by Gasteiger charge is 2.75. The second kappa shape index (κ2) is 10.5. The van der Waals surface area contributed by atoms with E-state index in [2.05, 4.69) is 13.2 Å². The first-order valence-electron chi connectivity index (χ1n) is 9.78. The minimum absolute atomic E-state index is 0.0743. The minimum atomic E-state index is -2.48. The number of benzene rings is 1. The van der Waals surface area contributed by atoms with Crippen molar-refractivity contribution in [1.82, 2.24) is 4.90 Å². The molecule has 0 unspecified atom stereocenters. The molecule has 0 aromatic heterocycles. The smallest absolute Gasteiger partial charge is 0.345 e. The van der Waals surface area contributed by atoms with Gasteiger partial charge in [0.15, 0.2) is 0 Å². The largest absolute Gasteiger partial charge is 0.467 e. The summed E-state index contributed by atoms with van der Waals surface area (Å²) in [7, 11) is 1.11. The third kappa shape index (κ3) is 4.32. The van der Waals surface area contributed by atoms with E-state index in [1.165, 1.54) is 12.2 Å². The number of amides is 1. The van der Waals surface area contributed by atoms with E-state index in [4.69, 9.17) is 14.2 Å². The van der Waals surface area contributed by atoms with Gasteiger partial charge in [0, 0.05) is 6.42 Å². The van der Waals surface area contributed by atoms with Crippen LogP contribution in [0.2, 0.25) is 0 Å². The zero-order valence-electron chi connectivity index (χ0n) is 17.9. The van der Waals surface area contributed by atoms with Gasteiger partial charge in [0.25, 0.3) is 5.54 Å². The molecule has 0 aliphatic carbocycles. The van der Waals surface area contributed by atoms with E-state index >= 15 is 0 Å². The van der Waals surface area contributed by atoms with E-state index < -0.39 is 47.1 Å². The molecule has 1 aliphatic rings. The molecule has 1 aliphatic heterocycles. The lowest BCUT2D eigenvalue weighted by atomic mass is 9.69. The van der Waals surface area contributed by atoms with E-state index in [0.717, 1.165) is 18.9 Å². The topological polar surface area (TPSA) is 116 Å². The number of ketones is 1. The van der Waals surface area contributed by atoms with Crippen LogP contribution in [0, 0.1) is 5.92 Å². The molecule has 1 aromatic rings. The molecule has 0 saturated carbocycles. The second-order valence-corrected chi connectivity index (χ2v) is 7.02. The molecular weight excluding hydrogens is 418 g/mol. The van der Waals surface area contributed by atoms with E-state index in [0.29, 0.717) is 5.56 Å². The van der Waals surface area contributed by atoms with Crippen LogP contribution in [-0.4, -0.2) is 66.4 Å². The van der Waals surface area contributed by atoms with Crippen molar-refractivity contribution in [2.24, 2.45) is 5.92 Å². The fourth-order valence-electron chi connectivity index (χ4n) is 3.69. The van der Waals surface area contributed by atoms with Gasteiger partial charge in [-0.1, -0.05) is 55.6 Å². The Hall–Kier alpha value is -3.75. The lowest BCUT2D eigenvalue weighted by Crippen LogP contribution is -2.83. The average Bonchev–Trinajstić information content (AvgIpc) is 2.78. The average molecular weight is 443 g/mol. The Balaban J connectivity index is 2.65. The van der Waals surface area contributed by atoms with Gasteiger partial charge in [0.2, 0.25) is 5.91 Å². The fraction of sp³-hybridized carbons (Fsp3) is 0.348. The summed E-state index contributed by atoms with van der Waals surface area (Å²) in [5.41, 5.74) is -1.85. The van der Waals surface area contributed by atoms with Gasteiger partial charge >= 0.3 is 17.9 Å². The first-order valence-corrected chi connectivity index (χ1v) is 9.78. The van der Waals surface area contributed by atoms with E-state index in [9.17, 15) is 24.0 Å². The van der Waals surface area contributed by atoms with Crippen LogP contribution in [0.15, 0.2) is 55.6 Å². The summed E-state index contributed by atoms with van der Waals surface area (Å²) in [6.45, 7) is 7.38. The van der Waals surface area contributed by atoms with Crippen molar-refractivity contribution < 1.29 is 38.2 Å². The van der Waals surface area contributed by atoms with Gasteiger partial charge in [-0.25, -0.2) is 14.4 Å². The van der Waals surface area contributed by atoms with Crippen molar-refractivity contribution >= 4 is 29.6 Å². The maximum absolute atomic E-state index is 13.2. The molecular formula is C23H25NO8. The fourth-order valence-corrected chi connectivity index (χ4v) is 3.69. The van der Waals surface area contributed by atoms with Crippen molar-refractivity contribution in [3.63, 3.8) is 0 Å². The third-order valence-electron chi connectivity index (χ3n) is 5.03. The van der Waals surface area contributed by atoms with E-state index in [1.54, 1.807) is 30.3 Å². The number of carbonyl (C=O) groups excluding carboxylic acids is 5. The van der Waals surface area contributed by atoms with Crippen molar-refractivity contribution in [2.75, 3.05) is 20.3 Å². The van der Waals surface area contributed by atoms with Gasteiger partial charge < -0.3 is 19.1 Å². The second-order valence-electron chi connectivity index (χ2n) is 7.02. The molecule has 1 fully saturated rings. The predicted octanol–water partition coefficient (Wildman–Crippen LogP) is 1.02. The SMILES string of the molecule is C=CCOC(=O)C1(C(=O)OCC=C)[C@H](C(C)=O)C(=O)N1[C@H](Cc1ccccc1)C(=O)OC. The Morgan fingerprint density at radius 2 is 1.59 bits per heavy atom. The predicted molar refractivity (Wildman–Crippen MR) is 112 cm³/mol. The number of Topliss-reactive ketones (excluding diaryl/α,β-unsaturated/α-hetero) is 1. The molecule has 0 radical (unpaired) electrons. The van der Waals surface area contributed by atoms with Crippen molar-refractivity contribution in [3.8, 4) is 0 Å². The van der Waals surface area contributed by atoms with Crippen molar-refractivity contribution in [3.05, 3.63) is 61.2 Å². The Morgan fingerprint density at radius 1 is 1.06 bits per heavy atom. The van der Waals surface area contributed by atoms with Gasteiger partial charge in [-0.15, -0.1) is 0 Å². The Labute approximate surface area is 185 Å². The molecule has 1 heterocycles. The number of β-lactam (4-membered cyclic amide) rings is 1. The first-order chi connectivity index (χ1) is 15.3. The minimum Gasteiger partial charge on any atom is -0.467 e. The first kappa shape index (κ1) is 24.5. The molecule has 0 spiro atoms. The summed E-state index contributed by atoms with van der Waals surface area (Å²) in [6, 6.07) is 7.24. The number of esters is 3. The molecule has 1 aromatic carbocycles. The molecule has 1 amide bonds. The summed E-state index contributed by atoms with van der Waals surface area (Å²) < 4.78 is 15.0. The van der Waals surface area contributed by atoms with E-state index in [1.807, 2.05) is 0 Å². The normalized spacial score (nSPS) is 17.4. The standard InChI is InChI=1S/C23H25NO8/c1-5-12-31-21(28)23(22(29)32-13-6-2)18(15(3)25)19(26)24(23)17(20(27)30-4)14-16-10-8-7-9-11-16/h5-11,17-18H,1-2,12-14H2,3-4H3/t17-,18-/m1/s1. The van der Waals surface area contributed by atoms with Gasteiger partial charge in [0.1, 0.15) is 31.0 Å². The van der Waals surface area contributed by atoms with Gasteiger partial charge in [-0.2, -0.15) is 0 Å². The number of hydrogen-bond donors (Lipinski definition) is 0. The van der Waals surface area contributed by atoms with Crippen molar-refractivity contribution in [1.29, 1.82) is 0 Å². The summed E-state index contributed by atoms with van der Waals surface area (Å²) in [5.74, 6) is -6.61. The lowest BCUT2D eigenvalue weighted by molar-refractivity contribution is -0.209. The van der Waals surface area contributed by atoms with Gasteiger partial charge in [0.05, 0.1) is 7.11 Å². The van der Waals surface area contributed by atoms with Gasteiger partial charge in [-0.3, -0.25) is 9.59 Å². The highest BCUT2D eigenvalue weighted by molar-refractivity contribution is 6.25. The van der Waals surface area contributed by atoms with Crippen LogP contribution in [0.3, 0.4) is 0 Å². The number of methoxy groups -OCH3 is 1. The maximum atomic E-state index is 13.2. The molecule has 0 bridgehead atoms. The van der Waals surface area contributed by atoms with Crippen LogP contribution in [0.4, 0.5) is 0 Å². The molecule has 170 valence electrons. The number of carbonyl (C=O) groups is 5. The zero-order valence-corrected chi connectivity index (χ0v) is 17.9. The maximum Gasteiger partial charge on any atom is 0.345 e. The van der Waals surface area contributed by atoms with Crippen LogP contribution in [-0.2, 0) is 44.6 Å². The van der Waals surface area contributed by atoms with Crippen LogP contribution in [0.5, 0.6) is 0 Å². The Morgan fingerprint density at radius 3 is 2.03 bits per heavy atom. The third-order valence-corrected chi connectivity index (χ3v) is 5.03. The number of likely N-dealkylation sites (tertiary alicyclic amines) is 1. The van der Waals surface area contributed by atoms with E-state index in [-0.39, 0.29) is 19.6 Å². The zero-order chi connectivity index (χ0) is 23.9. The molecule has 0 N–H and O–H groups in total. The highest BCUT2D eigenvalue weighted by atomic mass is 16.6. The van der Waals surface area contributed by atoms with Crippen LogP contribution < -0.4 is 0 Å². The summed E-state index contributed by atoms with van der Waals surface area (Å²) in [6.07, 6.45) is 2.45. The number of rotatable bonds is 11. The molecule has 9 heteroatoms. The molecule has 2 atom stereocenters. The van der Waals surface area contributed by atoms with Crippen LogP contribution in [0.1, 0.15) is 12.5 Å².